The average molecular weight is 308 g/mol. The second-order valence-corrected chi connectivity index (χ2v) is 6.22. The first kappa shape index (κ1) is 13.4. The lowest BCUT2D eigenvalue weighted by Gasteiger charge is -2.35. The van der Waals surface area contributed by atoms with Gasteiger partial charge in [0, 0.05) is 37.9 Å². The zero-order valence-corrected chi connectivity index (χ0v) is 12.8. The number of H-pyrrole nitrogens is 1. The van der Waals surface area contributed by atoms with Crippen LogP contribution in [0.2, 0.25) is 0 Å². The number of ether oxygens (including phenoxy) is 1. The number of methoxy groups -OCH3 is 1. The number of rotatable bonds is 3. The molecule has 20 heavy (non-hydrogen) atoms. The molecule has 0 spiro atoms. The summed E-state index contributed by atoms with van der Waals surface area (Å²) in [5.41, 5.74) is 1.21. The third-order valence-corrected chi connectivity index (χ3v) is 4.55. The number of anilines is 2. The molecule has 0 saturated carbocycles. The van der Waals surface area contributed by atoms with E-state index in [1.54, 1.807) is 7.11 Å². The van der Waals surface area contributed by atoms with E-state index in [0.29, 0.717) is 0 Å². The highest BCUT2D eigenvalue weighted by Gasteiger charge is 2.19. The minimum absolute atomic E-state index is 0.732. The lowest BCUT2D eigenvalue weighted by Crippen LogP contribution is -2.46. The van der Waals surface area contributed by atoms with E-state index in [1.165, 1.54) is 17.0 Å². The minimum atomic E-state index is 0.732. The maximum absolute atomic E-state index is 5.28. The molecular weight excluding hydrogens is 292 g/mol. The molecule has 0 bridgehead atoms. The summed E-state index contributed by atoms with van der Waals surface area (Å²) < 4.78 is 6.01. The normalized spacial score (nSPS) is 15.4. The van der Waals surface area contributed by atoms with E-state index in [0.717, 1.165) is 41.0 Å². The van der Waals surface area contributed by atoms with Crippen molar-refractivity contribution >= 4 is 34.4 Å². The molecule has 1 aliphatic rings. The number of aromatic amines is 1. The molecule has 1 aromatic carbocycles. The molecule has 2 heterocycles. The van der Waals surface area contributed by atoms with Crippen molar-refractivity contribution in [1.29, 1.82) is 0 Å². The van der Waals surface area contributed by atoms with Crippen LogP contribution in [-0.2, 0) is 0 Å². The van der Waals surface area contributed by atoms with Crippen LogP contribution in [0.1, 0.15) is 0 Å². The fourth-order valence-corrected chi connectivity index (χ4v) is 3.25. The lowest BCUT2D eigenvalue weighted by molar-refractivity contribution is 0.414. The van der Waals surface area contributed by atoms with Gasteiger partial charge in [0.15, 0.2) is 3.95 Å². The predicted octanol–water partition coefficient (Wildman–Crippen LogP) is 2.54. The maximum atomic E-state index is 5.28. The van der Waals surface area contributed by atoms with Gasteiger partial charge in [0.05, 0.1) is 7.11 Å². The molecule has 106 valence electrons. The minimum Gasteiger partial charge on any atom is -0.497 e. The summed E-state index contributed by atoms with van der Waals surface area (Å²) in [5, 5.41) is 8.06. The van der Waals surface area contributed by atoms with E-state index in [2.05, 4.69) is 32.1 Å². The Kier molecular flexibility index (Phi) is 3.88. The highest BCUT2D eigenvalue weighted by Crippen LogP contribution is 2.24. The van der Waals surface area contributed by atoms with Crippen molar-refractivity contribution < 1.29 is 4.74 Å². The highest BCUT2D eigenvalue weighted by atomic mass is 32.1. The molecule has 0 unspecified atom stereocenters. The lowest BCUT2D eigenvalue weighted by atomic mass is 10.2. The van der Waals surface area contributed by atoms with Gasteiger partial charge in [-0.15, -0.1) is 5.10 Å². The van der Waals surface area contributed by atoms with Gasteiger partial charge in [0.2, 0.25) is 5.13 Å². The summed E-state index contributed by atoms with van der Waals surface area (Å²) in [4.78, 5) is 4.64. The zero-order chi connectivity index (χ0) is 13.9. The van der Waals surface area contributed by atoms with Crippen LogP contribution in [-0.4, -0.2) is 43.5 Å². The van der Waals surface area contributed by atoms with E-state index >= 15 is 0 Å². The fourth-order valence-electron chi connectivity index (χ4n) is 2.32. The molecule has 1 fully saturated rings. The van der Waals surface area contributed by atoms with Crippen LogP contribution in [0.4, 0.5) is 10.8 Å². The Morgan fingerprint density at radius 2 is 2.00 bits per heavy atom. The quantitative estimate of drug-likeness (QED) is 0.883. The van der Waals surface area contributed by atoms with E-state index < -0.39 is 0 Å². The second kappa shape index (κ2) is 5.80. The topological polar surface area (TPSA) is 44.4 Å². The Labute approximate surface area is 126 Å². The molecule has 0 atom stereocenters. The molecule has 0 aliphatic carbocycles. The van der Waals surface area contributed by atoms with Crippen LogP contribution < -0.4 is 14.5 Å². The van der Waals surface area contributed by atoms with Gasteiger partial charge in [0.1, 0.15) is 5.75 Å². The SMILES string of the molecule is COc1cccc(N2CCN(c3n[nH]c(=S)s3)CC2)c1. The van der Waals surface area contributed by atoms with E-state index in [1.807, 2.05) is 12.1 Å². The smallest absolute Gasteiger partial charge is 0.207 e. The summed E-state index contributed by atoms with van der Waals surface area (Å²) in [6.07, 6.45) is 0. The highest BCUT2D eigenvalue weighted by molar-refractivity contribution is 7.73. The van der Waals surface area contributed by atoms with Crippen molar-refractivity contribution in [2.24, 2.45) is 0 Å². The number of hydrogen-bond acceptors (Lipinski definition) is 6. The molecule has 0 amide bonds. The Morgan fingerprint density at radius 1 is 1.25 bits per heavy atom. The van der Waals surface area contributed by atoms with E-state index in [4.69, 9.17) is 17.0 Å². The first-order chi connectivity index (χ1) is 9.76. The number of aromatic nitrogens is 2. The van der Waals surface area contributed by atoms with Gasteiger partial charge >= 0.3 is 0 Å². The van der Waals surface area contributed by atoms with E-state index in [-0.39, 0.29) is 0 Å². The van der Waals surface area contributed by atoms with Crippen LogP contribution in [0.3, 0.4) is 0 Å². The van der Waals surface area contributed by atoms with Crippen LogP contribution in [0.15, 0.2) is 24.3 Å². The van der Waals surface area contributed by atoms with Crippen molar-refractivity contribution in [2.75, 3.05) is 43.1 Å². The monoisotopic (exact) mass is 308 g/mol. The summed E-state index contributed by atoms with van der Waals surface area (Å²) >= 11 is 6.61. The molecule has 5 nitrogen and oxygen atoms in total. The Morgan fingerprint density at radius 3 is 2.65 bits per heavy atom. The molecule has 1 aliphatic heterocycles. The van der Waals surface area contributed by atoms with Crippen LogP contribution in [0.5, 0.6) is 5.75 Å². The van der Waals surface area contributed by atoms with Gasteiger partial charge < -0.3 is 14.5 Å². The standard InChI is InChI=1S/C13H16N4OS2/c1-18-11-4-2-3-10(9-11)16-5-7-17(8-6-16)12-14-15-13(19)20-12/h2-4,9H,5-8H2,1H3,(H,15,19). The number of hydrogen-bond donors (Lipinski definition) is 1. The molecular formula is C13H16N4OS2. The van der Waals surface area contributed by atoms with Crippen molar-refractivity contribution in [3.63, 3.8) is 0 Å². The van der Waals surface area contributed by atoms with Gasteiger partial charge in [0.25, 0.3) is 0 Å². The van der Waals surface area contributed by atoms with Crippen LogP contribution in [0, 0.1) is 3.95 Å². The maximum Gasteiger partial charge on any atom is 0.207 e. The molecule has 7 heteroatoms. The molecule has 0 radical (unpaired) electrons. The third kappa shape index (κ3) is 2.78. The Balaban J connectivity index is 1.67. The Hall–Kier alpha value is -1.60. The van der Waals surface area contributed by atoms with Gasteiger partial charge in [-0.25, -0.2) is 0 Å². The van der Waals surface area contributed by atoms with Crippen molar-refractivity contribution in [1.82, 2.24) is 10.2 Å². The van der Waals surface area contributed by atoms with Gasteiger partial charge in [-0.3, -0.25) is 5.10 Å². The first-order valence-electron chi connectivity index (χ1n) is 6.46. The average Bonchev–Trinajstić information content (AvgIpc) is 2.94. The molecule has 1 saturated heterocycles. The summed E-state index contributed by atoms with van der Waals surface area (Å²) in [7, 11) is 1.70. The number of benzene rings is 1. The van der Waals surface area contributed by atoms with Crippen molar-refractivity contribution in [3.8, 4) is 5.75 Å². The van der Waals surface area contributed by atoms with Crippen LogP contribution >= 0.6 is 23.6 Å². The summed E-state index contributed by atoms with van der Waals surface area (Å²) in [5.74, 6) is 0.898. The molecule has 2 aromatic rings. The van der Waals surface area contributed by atoms with Gasteiger partial charge in [-0.2, -0.15) is 0 Å². The van der Waals surface area contributed by atoms with Crippen molar-refractivity contribution in [2.45, 2.75) is 0 Å². The Bertz CT molecular complexity index is 631. The number of nitrogens with one attached hydrogen (secondary N) is 1. The molecule has 3 rings (SSSR count). The fraction of sp³-hybridized carbons (Fsp3) is 0.385. The largest absolute Gasteiger partial charge is 0.497 e. The van der Waals surface area contributed by atoms with Gasteiger partial charge in [-0.1, -0.05) is 17.4 Å². The molecule has 1 aromatic heterocycles. The first-order valence-corrected chi connectivity index (χ1v) is 7.68. The zero-order valence-electron chi connectivity index (χ0n) is 11.2. The second-order valence-electron chi connectivity index (χ2n) is 4.57. The third-order valence-electron chi connectivity index (χ3n) is 3.40. The predicted molar refractivity (Wildman–Crippen MR) is 84.7 cm³/mol. The summed E-state index contributed by atoms with van der Waals surface area (Å²) in [6, 6.07) is 8.20. The van der Waals surface area contributed by atoms with Gasteiger partial charge in [-0.05, 0) is 24.4 Å². The summed E-state index contributed by atoms with van der Waals surface area (Å²) in [6.45, 7) is 3.85. The molecule has 1 N–H and O–H groups in total. The number of piperazine rings is 1. The van der Waals surface area contributed by atoms with Crippen molar-refractivity contribution in [3.05, 3.63) is 28.2 Å². The van der Waals surface area contributed by atoms with Crippen LogP contribution in [0.25, 0.3) is 0 Å². The number of nitrogens with zero attached hydrogens (tertiary/aromatic N) is 3. The van der Waals surface area contributed by atoms with E-state index in [9.17, 15) is 0 Å².